The van der Waals surface area contributed by atoms with E-state index in [1.807, 2.05) is 19.1 Å². The zero-order valence-corrected chi connectivity index (χ0v) is 8.74. The van der Waals surface area contributed by atoms with Gasteiger partial charge in [-0.3, -0.25) is 9.59 Å². The predicted molar refractivity (Wildman–Crippen MR) is 54.7 cm³/mol. The Morgan fingerprint density at radius 2 is 2.20 bits per heavy atom. The van der Waals surface area contributed by atoms with E-state index >= 15 is 0 Å². The number of ketones is 1. The number of rotatable bonds is 1. The number of hydrogen-bond acceptors (Lipinski definition) is 3. The smallest absolute Gasteiger partial charge is 0.316 e. The number of hydrogen-bond donors (Lipinski definition) is 0. The number of methoxy groups -OCH3 is 1. The summed E-state index contributed by atoms with van der Waals surface area (Å²) in [4.78, 5) is 23.2. The molecule has 1 aliphatic carbocycles. The maximum absolute atomic E-state index is 11.8. The monoisotopic (exact) mass is 204 g/mol. The van der Waals surface area contributed by atoms with Crippen molar-refractivity contribution in [1.29, 1.82) is 0 Å². The van der Waals surface area contributed by atoms with Crippen LogP contribution in [0.3, 0.4) is 0 Å². The lowest BCUT2D eigenvalue weighted by Crippen LogP contribution is -2.21. The van der Waals surface area contributed by atoms with Crippen molar-refractivity contribution >= 4 is 11.8 Å². The van der Waals surface area contributed by atoms with E-state index < -0.39 is 11.9 Å². The van der Waals surface area contributed by atoms with Crippen LogP contribution in [0.1, 0.15) is 21.5 Å². The van der Waals surface area contributed by atoms with Gasteiger partial charge in [0.2, 0.25) is 0 Å². The molecule has 0 saturated carbocycles. The number of carbonyl (C=O) groups is 2. The van der Waals surface area contributed by atoms with E-state index in [4.69, 9.17) is 0 Å². The van der Waals surface area contributed by atoms with E-state index in [1.54, 1.807) is 6.07 Å². The Morgan fingerprint density at radius 1 is 1.47 bits per heavy atom. The quantitative estimate of drug-likeness (QED) is 0.514. The Bertz CT molecular complexity index is 434. The van der Waals surface area contributed by atoms with Crippen molar-refractivity contribution in [2.24, 2.45) is 5.92 Å². The van der Waals surface area contributed by atoms with Crippen molar-refractivity contribution in [2.75, 3.05) is 7.11 Å². The first-order chi connectivity index (χ1) is 7.15. The molecule has 2 rings (SSSR count). The summed E-state index contributed by atoms with van der Waals surface area (Å²) in [7, 11) is 1.31. The molecule has 0 bridgehead atoms. The van der Waals surface area contributed by atoms with Gasteiger partial charge in [0.25, 0.3) is 0 Å². The van der Waals surface area contributed by atoms with Crippen molar-refractivity contribution < 1.29 is 14.3 Å². The molecule has 0 spiro atoms. The van der Waals surface area contributed by atoms with Crippen LogP contribution in [0, 0.1) is 12.8 Å². The number of fused-ring (bicyclic) bond motifs is 1. The van der Waals surface area contributed by atoms with Crippen LogP contribution in [0.5, 0.6) is 0 Å². The van der Waals surface area contributed by atoms with Crippen molar-refractivity contribution in [3.8, 4) is 0 Å². The third-order valence-electron chi connectivity index (χ3n) is 2.89. The van der Waals surface area contributed by atoms with Gasteiger partial charge < -0.3 is 4.74 Å². The van der Waals surface area contributed by atoms with E-state index in [0.29, 0.717) is 12.0 Å². The molecule has 0 amide bonds. The summed E-state index contributed by atoms with van der Waals surface area (Å²) in [6.07, 6.45) is 0.480. The van der Waals surface area contributed by atoms with Crippen LogP contribution < -0.4 is 0 Å². The minimum absolute atomic E-state index is 0.111. The predicted octanol–water partition coefficient (Wildman–Crippen LogP) is 1.52. The van der Waals surface area contributed by atoms with Crippen LogP contribution in [-0.4, -0.2) is 18.9 Å². The molecule has 1 atom stereocenters. The fraction of sp³-hybridized carbons (Fsp3) is 0.333. The highest BCUT2D eigenvalue weighted by atomic mass is 16.5. The highest BCUT2D eigenvalue weighted by Crippen LogP contribution is 2.29. The summed E-state index contributed by atoms with van der Waals surface area (Å²) in [5, 5.41) is 0. The van der Waals surface area contributed by atoms with Gasteiger partial charge in [-0.2, -0.15) is 0 Å². The first-order valence-electron chi connectivity index (χ1n) is 4.85. The highest BCUT2D eigenvalue weighted by Gasteiger charge is 2.36. The Labute approximate surface area is 88.1 Å². The molecule has 15 heavy (non-hydrogen) atoms. The molecule has 0 aromatic heterocycles. The molecular weight excluding hydrogens is 192 g/mol. The van der Waals surface area contributed by atoms with Crippen LogP contribution >= 0.6 is 0 Å². The summed E-state index contributed by atoms with van der Waals surface area (Å²) < 4.78 is 4.62. The lowest BCUT2D eigenvalue weighted by atomic mass is 10.0. The molecule has 0 N–H and O–H groups in total. The van der Waals surface area contributed by atoms with Gasteiger partial charge in [-0.15, -0.1) is 0 Å². The van der Waals surface area contributed by atoms with Crippen LogP contribution in [0.2, 0.25) is 0 Å². The molecule has 0 heterocycles. The fourth-order valence-electron chi connectivity index (χ4n) is 2.02. The van der Waals surface area contributed by atoms with Gasteiger partial charge >= 0.3 is 5.97 Å². The molecule has 0 saturated heterocycles. The van der Waals surface area contributed by atoms with Crippen LogP contribution in [0.15, 0.2) is 18.2 Å². The summed E-state index contributed by atoms with van der Waals surface area (Å²) >= 11 is 0. The first-order valence-corrected chi connectivity index (χ1v) is 4.85. The average Bonchev–Trinajstić information content (AvgIpc) is 2.57. The molecule has 3 nitrogen and oxygen atoms in total. The zero-order chi connectivity index (χ0) is 11.0. The number of Topliss-reactive ketones (excluding diaryl/α,β-unsaturated/α-hetero) is 1. The fourth-order valence-corrected chi connectivity index (χ4v) is 2.02. The molecule has 0 radical (unpaired) electrons. The summed E-state index contributed by atoms with van der Waals surface area (Å²) in [6, 6.07) is 5.56. The molecular formula is C12H12O3. The van der Waals surface area contributed by atoms with E-state index in [1.165, 1.54) is 7.11 Å². The second kappa shape index (κ2) is 3.50. The summed E-state index contributed by atoms with van der Waals surface area (Å²) in [5.41, 5.74) is 2.72. The number of benzene rings is 1. The van der Waals surface area contributed by atoms with Crippen molar-refractivity contribution in [1.82, 2.24) is 0 Å². The molecule has 0 unspecified atom stereocenters. The lowest BCUT2D eigenvalue weighted by Gasteiger charge is -2.03. The minimum atomic E-state index is -0.633. The molecule has 0 fully saturated rings. The number of carbonyl (C=O) groups excluding carboxylic acids is 2. The zero-order valence-electron chi connectivity index (χ0n) is 8.74. The van der Waals surface area contributed by atoms with Crippen LogP contribution in [-0.2, 0) is 16.0 Å². The van der Waals surface area contributed by atoms with E-state index in [-0.39, 0.29) is 5.78 Å². The average molecular weight is 204 g/mol. The van der Waals surface area contributed by atoms with Gasteiger partial charge in [0.1, 0.15) is 5.92 Å². The van der Waals surface area contributed by atoms with Gasteiger partial charge in [-0.05, 0) is 24.5 Å². The molecule has 1 aromatic carbocycles. The Hall–Kier alpha value is -1.64. The van der Waals surface area contributed by atoms with Gasteiger partial charge in [0.05, 0.1) is 7.11 Å². The van der Waals surface area contributed by atoms with E-state index in [9.17, 15) is 9.59 Å². The van der Waals surface area contributed by atoms with Gasteiger partial charge in [-0.1, -0.05) is 18.2 Å². The normalized spacial score (nSPS) is 18.8. The number of esters is 1. The topological polar surface area (TPSA) is 43.4 Å². The Morgan fingerprint density at radius 3 is 2.80 bits per heavy atom. The number of aryl methyl sites for hydroxylation is 1. The number of ether oxygens (including phenoxy) is 1. The van der Waals surface area contributed by atoms with Gasteiger partial charge in [-0.25, -0.2) is 0 Å². The summed E-state index contributed by atoms with van der Waals surface area (Å²) in [5.74, 6) is -1.18. The summed E-state index contributed by atoms with van der Waals surface area (Å²) in [6.45, 7) is 1.95. The molecule has 3 heteroatoms. The second-order valence-corrected chi connectivity index (χ2v) is 3.75. The van der Waals surface area contributed by atoms with Crippen LogP contribution in [0.25, 0.3) is 0 Å². The van der Waals surface area contributed by atoms with E-state index in [0.717, 1.165) is 11.1 Å². The molecule has 0 aliphatic heterocycles. The minimum Gasteiger partial charge on any atom is -0.468 e. The maximum atomic E-state index is 11.8. The Kier molecular flexibility index (Phi) is 2.31. The first kappa shape index (κ1) is 9.90. The van der Waals surface area contributed by atoms with Gasteiger partial charge in [0, 0.05) is 5.56 Å². The second-order valence-electron chi connectivity index (χ2n) is 3.75. The molecule has 1 aliphatic rings. The van der Waals surface area contributed by atoms with Gasteiger partial charge in [0.15, 0.2) is 5.78 Å². The largest absolute Gasteiger partial charge is 0.468 e. The van der Waals surface area contributed by atoms with Crippen molar-refractivity contribution in [3.05, 3.63) is 34.9 Å². The van der Waals surface area contributed by atoms with E-state index in [2.05, 4.69) is 4.74 Å². The SMILES string of the molecule is COC(=O)[C@@H]1Cc2c(C)cccc2C1=O. The third kappa shape index (κ3) is 1.44. The lowest BCUT2D eigenvalue weighted by molar-refractivity contribution is -0.143. The maximum Gasteiger partial charge on any atom is 0.316 e. The highest BCUT2D eigenvalue weighted by molar-refractivity contribution is 6.12. The molecule has 78 valence electrons. The van der Waals surface area contributed by atoms with Crippen molar-refractivity contribution in [2.45, 2.75) is 13.3 Å². The third-order valence-corrected chi connectivity index (χ3v) is 2.89. The van der Waals surface area contributed by atoms with Crippen molar-refractivity contribution in [3.63, 3.8) is 0 Å². The standard InChI is InChI=1S/C12H12O3/c1-7-4-3-5-8-9(7)6-10(11(8)13)12(14)15-2/h3-5,10H,6H2,1-2H3/t10-/m1/s1. The Balaban J connectivity index is 2.41. The molecule has 1 aromatic rings. The van der Waals surface area contributed by atoms with Crippen LogP contribution in [0.4, 0.5) is 0 Å².